The third kappa shape index (κ3) is 5.43. The normalized spacial score (nSPS) is 12.1. The van der Waals surface area contributed by atoms with E-state index in [1.807, 2.05) is 0 Å². The third-order valence-corrected chi connectivity index (χ3v) is 6.17. The molecule has 152 valence electrons. The number of alkyl halides is 3. The van der Waals surface area contributed by atoms with Gasteiger partial charge in [0.15, 0.2) is 5.11 Å². The van der Waals surface area contributed by atoms with Crippen molar-refractivity contribution in [1.82, 2.24) is 4.31 Å². The maximum absolute atomic E-state index is 12.8. The Hall–Kier alpha value is -2.17. The molecule has 0 bridgehead atoms. The Labute approximate surface area is 167 Å². The molecule has 0 atom stereocenters. The molecule has 28 heavy (non-hydrogen) atoms. The summed E-state index contributed by atoms with van der Waals surface area (Å²) < 4.78 is 64.6. The van der Waals surface area contributed by atoms with Gasteiger partial charge in [-0.3, -0.25) is 0 Å². The molecule has 2 aromatic rings. The van der Waals surface area contributed by atoms with Gasteiger partial charge in [0.25, 0.3) is 0 Å². The SMILES string of the molecule is CCN(CC)S(=O)(=O)c1ccc(NC(=S)Nc2cccc(C(F)(F)F)c2)cc1. The first kappa shape index (κ1) is 22.1. The molecule has 2 rings (SSSR count). The highest BCUT2D eigenvalue weighted by molar-refractivity contribution is 7.89. The molecule has 0 amide bonds. The zero-order valence-corrected chi connectivity index (χ0v) is 16.9. The highest BCUT2D eigenvalue weighted by Crippen LogP contribution is 2.30. The lowest BCUT2D eigenvalue weighted by Gasteiger charge is -2.18. The van der Waals surface area contributed by atoms with E-state index >= 15 is 0 Å². The van der Waals surface area contributed by atoms with Crippen molar-refractivity contribution >= 4 is 38.7 Å². The molecule has 10 heteroatoms. The fourth-order valence-corrected chi connectivity index (χ4v) is 4.18. The Morgan fingerprint density at radius 3 is 2.11 bits per heavy atom. The number of benzene rings is 2. The van der Waals surface area contributed by atoms with Crippen LogP contribution < -0.4 is 10.6 Å². The van der Waals surface area contributed by atoms with Gasteiger partial charge in [-0.1, -0.05) is 19.9 Å². The topological polar surface area (TPSA) is 61.4 Å². The maximum Gasteiger partial charge on any atom is 0.416 e. The quantitative estimate of drug-likeness (QED) is 0.658. The fourth-order valence-electron chi connectivity index (χ4n) is 2.49. The van der Waals surface area contributed by atoms with Crippen LogP contribution in [0.5, 0.6) is 0 Å². The van der Waals surface area contributed by atoms with Crippen molar-refractivity contribution in [3.8, 4) is 0 Å². The summed E-state index contributed by atoms with van der Waals surface area (Å²) in [5.74, 6) is 0. The summed E-state index contributed by atoms with van der Waals surface area (Å²) in [6.07, 6.45) is -4.45. The summed E-state index contributed by atoms with van der Waals surface area (Å²) in [5.41, 5.74) is -0.0951. The van der Waals surface area contributed by atoms with Crippen LogP contribution in [-0.2, 0) is 16.2 Å². The van der Waals surface area contributed by atoms with Crippen molar-refractivity contribution in [2.24, 2.45) is 0 Å². The average Bonchev–Trinajstić information content (AvgIpc) is 2.62. The molecule has 2 aromatic carbocycles. The van der Waals surface area contributed by atoms with E-state index in [0.717, 1.165) is 12.1 Å². The highest BCUT2D eigenvalue weighted by atomic mass is 32.2. The zero-order chi connectivity index (χ0) is 20.9. The molecule has 0 heterocycles. The number of nitrogens with one attached hydrogen (secondary N) is 2. The number of hydrogen-bond donors (Lipinski definition) is 2. The van der Waals surface area contributed by atoms with E-state index in [-0.39, 0.29) is 15.7 Å². The molecule has 5 nitrogen and oxygen atoms in total. The third-order valence-electron chi connectivity index (χ3n) is 3.90. The number of nitrogens with zero attached hydrogens (tertiary/aromatic N) is 1. The average molecular weight is 432 g/mol. The van der Waals surface area contributed by atoms with E-state index in [4.69, 9.17) is 12.2 Å². The summed E-state index contributed by atoms with van der Waals surface area (Å²) in [6.45, 7) is 4.25. The first-order valence-corrected chi connectivity index (χ1v) is 10.3. The summed E-state index contributed by atoms with van der Waals surface area (Å²) in [5, 5.41) is 5.58. The van der Waals surface area contributed by atoms with E-state index in [1.54, 1.807) is 13.8 Å². The molecule has 0 unspecified atom stereocenters. The van der Waals surface area contributed by atoms with Crippen LogP contribution in [0.15, 0.2) is 53.4 Å². The molecule has 0 aromatic heterocycles. The Morgan fingerprint density at radius 2 is 1.57 bits per heavy atom. The van der Waals surface area contributed by atoms with Gasteiger partial charge in [-0.15, -0.1) is 0 Å². The molecular formula is C18H20F3N3O2S2. The van der Waals surface area contributed by atoms with Crippen LogP contribution in [0.4, 0.5) is 24.5 Å². The van der Waals surface area contributed by atoms with E-state index in [9.17, 15) is 21.6 Å². The molecule has 2 N–H and O–H groups in total. The summed E-state index contributed by atoms with van der Waals surface area (Å²) in [6, 6.07) is 10.6. The van der Waals surface area contributed by atoms with Crippen LogP contribution in [0.25, 0.3) is 0 Å². The summed E-state index contributed by atoms with van der Waals surface area (Å²) >= 11 is 5.11. The monoisotopic (exact) mass is 431 g/mol. The standard InChI is InChI=1S/C18H20F3N3O2S2/c1-3-24(4-2)28(25,26)16-10-8-14(9-11-16)22-17(27)23-15-7-5-6-13(12-15)18(19,20)21/h5-12H,3-4H2,1-2H3,(H2,22,23,27). The fraction of sp³-hybridized carbons (Fsp3) is 0.278. The first-order valence-electron chi connectivity index (χ1n) is 8.43. The predicted molar refractivity (Wildman–Crippen MR) is 108 cm³/mol. The Kier molecular flexibility index (Phi) is 7.02. The van der Waals surface area contributed by atoms with Gasteiger partial charge in [0, 0.05) is 24.5 Å². The zero-order valence-electron chi connectivity index (χ0n) is 15.2. The maximum atomic E-state index is 12.8. The molecule has 0 fully saturated rings. The van der Waals surface area contributed by atoms with Crippen molar-refractivity contribution in [3.63, 3.8) is 0 Å². The molecule has 0 saturated heterocycles. The van der Waals surface area contributed by atoms with Gasteiger partial charge in [-0.2, -0.15) is 17.5 Å². The largest absolute Gasteiger partial charge is 0.416 e. The molecule has 0 saturated carbocycles. The predicted octanol–water partition coefficient (Wildman–Crippen LogP) is 4.54. The molecule has 0 aliphatic heterocycles. The number of sulfonamides is 1. The van der Waals surface area contributed by atoms with Crippen LogP contribution in [0.1, 0.15) is 19.4 Å². The van der Waals surface area contributed by atoms with Gasteiger partial charge >= 0.3 is 6.18 Å². The van der Waals surface area contributed by atoms with Gasteiger partial charge in [0.05, 0.1) is 10.5 Å². The van der Waals surface area contributed by atoms with E-state index < -0.39 is 21.8 Å². The van der Waals surface area contributed by atoms with E-state index in [2.05, 4.69) is 10.6 Å². The molecule has 0 aliphatic rings. The molecule has 0 aliphatic carbocycles. The smallest absolute Gasteiger partial charge is 0.332 e. The number of thiocarbonyl (C=S) groups is 1. The lowest BCUT2D eigenvalue weighted by molar-refractivity contribution is -0.137. The van der Waals surface area contributed by atoms with Gasteiger partial charge in [0.2, 0.25) is 10.0 Å². The number of hydrogen-bond acceptors (Lipinski definition) is 3. The van der Waals surface area contributed by atoms with Gasteiger partial charge in [0.1, 0.15) is 0 Å². The first-order chi connectivity index (χ1) is 13.1. The molecule has 0 radical (unpaired) electrons. The second kappa shape index (κ2) is 8.89. The van der Waals surface area contributed by atoms with E-state index in [1.165, 1.54) is 40.7 Å². The van der Waals surface area contributed by atoms with Crippen LogP contribution in [0, 0.1) is 0 Å². The number of anilines is 2. The number of halogens is 3. The van der Waals surface area contributed by atoms with Crippen LogP contribution in [0.3, 0.4) is 0 Å². The highest BCUT2D eigenvalue weighted by Gasteiger charge is 2.30. The van der Waals surface area contributed by atoms with Crippen molar-refractivity contribution in [2.45, 2.75) is 24.9 Å². The summed E-state index contributed by atoms with van der Waals surface area (Å²) in [4.78, 5) is 0.151. The second-order valence-electron chi connectivity index (χ2n) is 5.77. The molecule has 0 spiro atoms. The number of rotatable bonds is 6. The van der Waals surface area contributed by atoms with Crippen molar-refractivity contribution in [2.75, 3.05) is 23.7 Å². The Balaban J connectivity index is 2.08. The van der Waals surface area contributed by atoms with Gasteiger partial charge in [-0.05, 0) is 54.7 Å². The molecular weight excluding hydrogens is 411 g/mol. The Morgan fingerprint density at radius 1 is 1.00 bits per heavy atom. The van der Waals surface area contributed by atoms with Gasteiger partial charge in [-0.25, -0.2) is 8.42 Å². The lowest BCUT2D eigenvalue weighted by Crippen LogP contribution is -2.30. The van der Waals surface area contributed by atoms with Crippen LogP contribution in [0.2, 0.25) is 0 Å². The minimum absolute atomic E-state index is 0.0821. The van der Waals surface area contributed by atoms with Gasteiger partial charge < -0.3 is 10.6 Å². The van der Waals surface area contributed by atoms with Crippen LogP contribution in [-0.4, -0.2) is 30.9 Å². The van der Waals surface area contributed by atoms with Crippen molar-refractivity contribution < 1.29 is 21.6 Å². The summed E-state index contributed by atoms with van der Waals surface area (Å²) in [7, 11) is -3.56. The van der Waals surface area contributed by atoms with Crippen molar-refractivity contribution in [3.05, 3.63) is 54.1 Å². The van der Waals surface area contributed by atoms with Crippen LogP contribution >= 0.6 is 12.2 Å². The minimum Gasteiger partial charge on any atom is -0.332 e. The minimum atomic E-state index is -4.45. The van der Waals surface area contributed by atoms with E-state index in [0.29, 0.717) is 18.8 Å². The lowest BCUT2D eigenvalue weighted by atomic mass is 10.2. The van der Waals surface area contributed by atoms with Crippen molar-refractivity contribution in [1.29, 1.82) is 0 Å². The Bertz CT molecular complexity index is 926. The second-order valence-corrected chi connectivity index (χ2v) is 8.12.